The van der Waals surface area contributed by atoms with E-state index >= 15 is 0 Å². The molecule has 11 heteroatoms. The van der Waals surface area contributed by atoms with Gasteiger partial charge in [0.25, 0.3) is 5.91 Å². The molecule has 3 N–H and O–H groups in total. The largest absolute Gasteiger partial charge is 0.481 e. The van der Waals surface area contributed by atoms with E-state index in [1.807, 2.05) is 12.1 Å². The Morgan fingerprint density at radius 1 is 1.14 bits per heavy atom. The number of amides is 1. The van der Waals surface area contributed by atoms with Gasteiger partial charge in [0.1, 0.15) is 5.75 Å². The second-order valence-corrected chi connectivity index (χ2v) is 8.27. The molecule has 0 unspecified atom stereocenters. The fourth-order valence-corrected chi connectivity index (χ4v) is 3.94. The van der Waals surface area contributed by atoms with Crippen LogP contribution in [0.4, 0.5) is 17.3 Å². The summed E-state index contributed by atoms with van der Waals surface area (Å²) in [5, 5.41) is 0. The average Bonchev–Trinajstić information content (AvgIpc) is 2.73. The molecule has 10 nitrogen and oxygen atoms in total. The van der Waals surface area contributed by atoms with Gasteiger partial charge in [-0.15, -0.1) is 0 Å². The Bertz CT molecular complexity index is 930. The second kappa shape index (κ2) is 9.41. The molecule has 1 fully saturated rings. The third-order valence-electron chi connectivity index (χ3n) is 4.34. The molecule has 0 saturated carbocycles. The van der Waals surface area contributed by atoms with Gasteiger partial charge in [0.15, 0.2) is 0 Å². The maximum atomic E-state index is 12.2. The van der Waals surface area contributed by atoms with Gasteiger partial charge in [-0.2, -0.15) is 4.98 Å². The van der Waals surface area contributed by atoms with E-state index in [0.717, 1.165) is 18.8 Å². The van der Waals surface area contributed by atoms with E-state index in [-0.39, 0.29) is 5.95 Å². The van der Waals surface area contributed by atoms with Crippen LogP contribution in [0.2, 0.25) is 0 Å². The molecular formula is C18H24N6O4S. The summed E-state index contributed by atoms with van der Waals surface area (Å²) in [6.07, 6.45) is 5.01. The summed E-state index contributed by atoms with van der Waals surface area (Å²) in [6.45, 7) is 2.02. The Morgan fingerprint density at radius 3 is 2.55 bits per heavy atom. The number of carbonyl (C=O) groups is 1. The third kappa shape index (κ3) is 6.21. The van der Waals surface area contributed by atoms with Crippen LogP contribution in [0.3, 0.4) is 0 Å². The third-order valence-corrected chi connectivity index (χ3v) is 5.52. The number of sulfonamides is 1. The summed E-state index contributed by atoms with van der Waals surface area (Å²) < 4.78 is 31.8. The van der Waals surface area contributed by atoms with Gasteiger partial charge in [-0.1, -0.05) is 0 Å². The number of rotatable bonds is 8. The number of hydrazine groups is 1. The molecule has 1 aromatic heterocycles. The van der Waals surface area contributed by atoms with Crippen LogP contribution in [-0.4, -0.2) is 50.2 Å². The minimum atomic E-state index is -3.87. The van der Waals surface area contributed by atoms with Gasteiger partial charge >= 0.3 is 0 Å². The first-order valence-electron chi connectivity index (χ1n) is 9.22. The lowest BCUT2D eigenvalue weighted by Crippen LogP contribution is -2.36. The number of hydrogen-bond donors (Lipinski definition) is 3. The molecule has 0 spiro atoms. The SMILES string of the molecule is COc1ccnc(NNC(=O)CS(=O)(=O)Nc2ccc(N3CCCCC3)cc2)n1. The van der Waals surface area contributed by atoms with Gasteiger partial charge in [-0.3, -0.25) is 20.4 Å². The maximum absolute atomic E-state index is 12.2. The van der Waals surface area contributed by atoms with E-state index in [9.17, 15) is 13.2 Å². The van der Waals surface area contributed by atoms with Crippen molar-refractivity contribution in [1.82, 2.24) is 15.4 Å². The lowest BCUT2D eigenvalue weighted by atomic mass is 10.1. The zero-order chi connectivity index (χ0) is 20.7. The van der Waals surface area contributed by atoms with Crippen molar-refractivity contribution in [3.05, 3.63) is 36.5 Å². The molecule has 29 heavy (non-hydrogen) atoms. The van der Waals surface area contributed by atoms with Crippen molar-refractivity contribution in [2.45, 2.75) is 19.3 Å². The highest BCUT2D eigenvalue weighted by molar-refractivity contribution is 7.93. The number of aromatic nitrogens is 2. The van der Waals surface area contributed by atoms with Crippen LogP contribution in [0.1, 0.15) is 19.3 Å². The Labute approximate surface area is 169 Å². The van der Waals surface area contributed by atoms with Gasteiger partial charge in [-0.25, -0.2) is 13.4 Å². The fraction of sp³-hybridized carbons (Fsp3) is 0.389. The van der Waals surface area contributed by atoms with Crippen molar-refractivity contribution in [3.8, 4) is 5.88 Å². The summed E-state index contributed by atoms with van der Waals surface area (Å²) in [6, 6.07) is 8.69. The van der Waals surface area contributed by atoms with Crippen LogP contribution in [0.5, 0.6) is 5.88 Å². The molecule has 0 bridgehead atoms. The van der Waals surface area contributed by atoms with Gasteiger partial charge in [0, 0.05) is 36.7 Å². The Hall–Kier alpha value is -3.08. The minimum Gasteiger partial charge on any atom is -0.481 e. The van der Waals surface area contributed by atoms with Crippen LogP contribution in [0.25, 0.3) is 0 Å². The monoisotopic (exact) mass is 420 g/mol. The molecule has 0 aliphatic carbocycles. The highest BCUT2D eigenvalue weighted by atomic mass is 32.2. The topological polar surface area (TPSA) is 126 Å². The molecule has 2 aromatic rings. The number of hydrogen-bond acceptors (Lipinski definition) is 8. The number of anilines is 3. The molecule has 1 aromatic carbocycles. The quantitative estimate of drug-likeness (QED) is 0.547. The van der Waals surface area contributed by atoms with E-state index in [1.54, 1.807) is 12.1 Å². The van der Waals surface area contributed by atoms with Crippen LogP contribution in [0, 0.1) is 0 Å². The molecule has 1 aliphatic rings. The van der Waals surface area contributed by atoms with Crippen LogP contribution in [0.15, 0.2) is 36.5 Å². The molecule has 1 amide bonds. The average molecular weight is 420 g/mol. The molecular weight excluding hydrogens is 396 g/mol. The van der Waals surface area contributed by atoms with Crippen molar-refractivity contribution >= 4 is 33.3 Å². The van der Waals surface area contributed by atoms with Gasteiger partial charge < -0.3 is 9.64 Å². The number of benzene rings is 1. The zero-order valence-corrected chi connectivity index (χ0v) is 16.9. The maximum Gasteiger partial charge on any atom is 0.255 e. The second-order valence-electron chi connectivity index (χ2n) is 6.55. The predicted molar refractivity (Wildman–Crippen MR) is 110 cm³/mol. The first-order chi connectivity index (χ1) is 13.9. The number of piperidine rings is 1. The predicted octanol–water partition coefficient (Wildman–Crippen LogP) is 1.36. The summed E-state index contributed by atoms with van der Waals surface area (Å²) in [7, 11) is -2.42. The van der Waals surface area contributed by atoms with Crippen LogP contribution < -0.4 is 25.2 Å². The number of nitrogens with zero attached hydrogens (tertiary/aromatic N) is 3. The minimum absolute atomic E-state index is 0.0800. The van der Waals surface area contributed by atoms with E-state index < -0.39 is 21.7 Å². The van der Waals surface area contributed by atoms with Crippen molar-refractivity contribution in [2.24, 2.45) is 0 Å². The molecule has 156 valence electrons. The summed E-state index contributed by atoms with van der Waals surface area (Å²) in [5.74, 6) is -1.12. The number of methoxy groups -OCH3 is 1. The number of ether oxygens (including phenoxy) is 1. The summed E-state index contributed by atoms with van der Waals surface area (Å²) >= 11 is 0. The first kappa shape index (κ1) is 20.6. The van der Waals surface area contributed by atoms with Crippen molar-refractivity contribution in [2.75, 3.05) is 41.0 Å². The van der Waals surface area contributed by atoms with E-state index in [1.165, 1.54) is 38.6 Å². The molecule has 2 heterocycles. The van der Waals surface area contributed by atoms with E-state index in [0.29, 0.717) is 11.6 Å². The van der Waals surface area contributed by atoms with Gasteiger partial charge in [0.2, 0.25) is 21.9 Å². The number of nitrogens with one attached hydrogen (secondary N) is 3. The number of carbonyl (C=O) groups excluding carboxylic acids is 1. The highest BCUT2D eigenvalue weighted by Gasteiger charge is 2.17. The Morgan fingerprint density at radius 2 is 1.86 bits per heavy atom. The fourth-order valence-electron chi connectivity index (χ4n) is 2.96. The highest BCUT2D eigenvalue weighted by Crippen LogP contribution is 2.22. The van der Waals surface area contributed by atoms with Gasteiger partial charge in [0.05, 0.1) is 7.11 Å². The Kier molecular flexibility index (Phi) is 6.70. The zero-order valence-electron chi connectivity index (χ0n) is 16.1. The molecule has 3 rings (SSSR count). The summed E-state index contributed by atoms with van der Waals surface area (Å²) in [4.78, 5) is 22.1. The van der Waals surface area contributed by atoms with Crippen molar-refractivity contribution in [1.29, 1.82) is 0 Å². The first-order valence-corrected chi connectivity index (χ1v) is 10.9. The summed E-state index contributed by atoms with van der Waals surface area (Å²) in [5.41, 5.74) is 6.17. The lowest BCUT2D eigenvalue weighted by molar-refractivity contribution is -0.118. The smallest absolute Gasteiger partial charge is 0.255 e. The normalized spacial score (nSPS) is 14.2. The van der Waals surface area contributed by atoms with Crippen molar-refractivity contribution in [3.63, 3.8) is 0 Å². The molecule has 0 radical (unpaired) electrons. The molecule has 0 atom stereocenters. The van der Waals surface area contributed by atoms with E-state index in [2.05, 4.69) is 30.4 Å². The standard InChI is InChI=1S/C18H24N6O4S/c1-28-17-9-10-19-18(20-17)22-21-16(25)13-29(26,27)23-14-5-7-15(8-6-14)24-11-3-2-4-12-24/h5-10,23H,2-4,11-13H2,1H3,(H,21,25)(H,19,20,22). The molecule has 1 saturated heterocycles. The van der Waals surface area contributed by atoms with Crippen LogP contribution >= 0.6 is 0 Å². The molecule has 1 aliphatic heterocycles. The van der Waals surface area contributed by atoms with Gasteiger partial charge in [-0.05, 0) is 43.5 Å². The lowest BCUT2D eigenvalue weighted by Gasteiger charge is -2.28. The van der Waals surface area contributed by atoms with Crippen molar-refractivity contribution < 1.29 is 17.9 Å². The Balaban J connectivity index is 1.51. The van der Waals surface area contributed by atoms with E-state index in [4.69, 9.17) is 4.74 Å². The van der Waals surface area contributed by atoms with Crippen LogP contribution in [-0.2, 0) is 14.8 Å².